The first-order valence-electron chi connectivity index (χ1n) is 6.63. The highest BCUT2D eigenvalue weighted by atomic mass is 32.2. The van der Waals surface area contributed by atoms with Crippen LogP contribution in [0.25, 0.3) is 0 Å². The van der Waals surface area contributed by atoms with Crippen LogP contribution in [0.2, 0.25) is 0 Å². The molecule has 0 unspecified atom stereocenters. The summed E-state index contributed by atoms with van der Waals surface area (Å²) in [5.41, 5.74) is 6.83. The second-order valence-electron chi connectivity index (χ2n) is 4.51. The molecule has 3 N–H and O–H groups in total. The summed E-state index contributed by atoms with van der Waals surface area (Å²) in [6, 6.07) is 3.17. The lowest BCUT2D eigenvalue weighted by molar-refractivity contribution is 0.0956. The molecule has 0 bridgehead atoms. The molecule has 0 fully saturated rings. The van der Waals surface area contributed by atoms with E-state index in [2.05, 4.69) is 10.3 Å². The van der Waals surface area contributed by atoms with Crippen LogP contribution < -0.4 is 11.1 Å². The van der Waals surface area contributed by atoms with E-state index in [1.54, 1.807) is 13.0 Å². The monoisotopic (exact) mass is 299 g/mol. The molecule has 0 aliphatic heterocycles. The number of nitrogens with zero attached hydrogens (tertiary/aromatic N) is 1. The van der Waals surface area contributed by atoms with Crippen molar-refractivity contribution in [2.75, 3.05) is 23.8 Å². The topological polar surface area (TPSA) is 102 Å². The highest BCUT2D eigenvalue weighted by Crippen LogP contribution is 2.09. The quantitative estimate of drug-likeness (QED) is 0.774. The van der Waals surface area contributed by atoms with Gasteiger partial charge < -0.3 is 11.1 Å². The van der Waals surface area contributed by atoms with Gasteiger partial charge in [0.25, 0.3) is 5.91 Å². The summed E-state index contributed by atoms with van der Waals surface area (Å²) >= 11 is 0. The molecule has 0 radical (unpaired) electrons. The second-order valence-corrected chi connectivity index (χ2v) is 6.99. The Morgan fingerprint density at radius 2 is 2.05 bits per heavy atom. The van der Waals surface area contributed by atoms with Gasteiger partial charge in [0.1, 0.15) is 5.82 Å². The summed E-state index contributed by atoms with van der Waals surface area (Å²) < 4.78 is 22.7. The third-order valence-electron chi connectivity index (χ3n) is 2.80. The van der Waals surface area contributed by atoms with Gasteiger partial charge in [0, 0.05) is 23.6 Å². The number of anilines is 1. The molecule has 1 amide bonds. The minimum atomic E-state index is -3.07. The minimum absolute atomic E-state index is 0.0579. The molecular formula is C13H21N3O3S. The molecule has 1 rings (SSSR count). The van der Waals surface area contributed by atoms with E-state index in [1.165, 1.54) is 6.07 Å². The maximum absolute atomic E-state index is 11.9. The lowest BCUT2D eigenvalue weighted by Gasteiger charge is -2.07. The summed E-state index contributed by atoms with van der Waals surface area (Å²) in [4.78, 5) is 16.1. The average Bonchev–Trinajstić information content (AvgIpc) is 2.38. The number of pyridine rings is 1. The minimum Gasteiger partial charge on any atom is -0.384 e. The normalized spacial score (nSPS) is 11.3. The van der Waals surface area contributed by atoms with Crippen molar-refractivity contribution in [2.45, 2.75) is 26.7 Å². The Morgan fingerprint density at radius 3 is 2.65 bits per heavy atom. The Hall–Kier alpha value is -1.63. The largest absolute Gasteiger partial charge is 0.384 e. The molecule has 1 aromatic heterocycles. The van der Waals surface area contributed by atoms with E-state index < -0.39 is 9.84 Å². The second kappa shape index (κ2) is 7.23. The molecule has 7 heteroatoms. The highest BCUT2D eigenvalue weighted by molar-refractivity contribution is 7.91. The van der Waals surface area contributed by atoms with E-state index in [4.69, 9.17) is 5.73 Å². The van der Waals surface area contributed by atoms with Gasteiger partial charge in [-0.2, -0.15) is 0 Å². The zero-order valence-electron chi connectivity index (χ0n) is 11.8. The molecule has 0 saturated heterocycles. The smallest absolute Gasteiger partial charge is 0.251 e. The van der Waals surface area contributed by atoms with Crippen LogP contribution in [-0.4, -0.2) is 37.4 Å². The number of carbonyl (C=O) groups excluding carboxylic acids is 1. The molecule has 0 aliphatic carbocycles. The maximum Gasteiger partial charge on any atom is 0.251 e. The van der Waals surface area contributed by atoms with Gasteiger partial charge >= 0.3 is 0 Å². The number of sulfone groups is 1. The third-order valence-corrected chi connectivity index (χ3v) is 4.51. The van der Waals surface area contributed by atoms with Gasteiger partial charge in [0.05, 0.1) is 5.75 Å². The Balaban J connectivity index is 2.68. The number of aromatic nitrogens is 1. The Morgan fingerprint density at radius 1 is 1.35 bits per heavy atom. The molecule has 0 aromatic carbocycles. The number of amides is 1. The lowest BCUT2D eigenvalue weighted by atomic mass is 10.1. The first kappa shape index (κ1) is 16.4. The van der Waals surface area contributed by atoms with E-state index in [1.807, 2.05) is 6.92 Å². The zero-order chi connectivity index (χ0) is 15.2. The van der Waals surface area contributed by atoms with Crippen LogP contribution in [0.5, 0.6) is 0 Å². The molecule has 112 valence electrons. The summed E-state index contributed by atoms with van der Waals surface area (Å²) in [5.74, 6) is -0.0198. The van der Waals surface area contributed by atoms with E-state index in [-0.39, 0.29) is 24.0 Å². The van der Waals surface area contributed by atoms with Gasteiger partial charge in [-0.05, 0) is 18.6 Å². The van der Waals surface area contributed by atoms with Crippen LogP contribution >= 0.6 is 0 Å². The zero-order valence-corrected chi connectivity index (χ0v) is 12.7. The molecular weight excluding hydrogens is 278 g/mol. The fraction of sp³-hybridized carbons (Fsp3) is 0.538. The van der Waals surface area contributed by atoms with Crippen LogP contribution in [0.4, 0.5) is 5.82 Å². The third kappa shape index (κ3) is 5.16. The molecule has 0 aliphatic rings. The molecule has 1 heterocycles. The van der Waals surface area contributed by atoms with Gasteiger partial charge in [-0.25, -0.2) is 13.4 Å². The van der Waals surface area contributed by atoms with Crippen molar-refractivity contribution in [1.82, 2.24) is 10.3 Å². The van der Waals surface area contributed by atoms with E-state index in [0.717, 1.165) is 18.5 Å². The molecule has 20 heavy (non-hydrogen) atoms. The van der Waals surface area contributed by atoms with E-state index in [9.17, 15) is 13.2 Å². The number of hydrogen-bond donors (Lipinski definition) is 2. The van der Waals surface area contributed by atoms with Crippen molar-refractivity contribution < 1.29 is 13.2 Å². The van der Waals surface area contributed by atoms with Crippen molar-refractivity contribution in [1.29, 1.82) is 0 Å². The van der Waals surface area contributed by atoms with Gasteiger partial charge in [0.15, 0.2) is 9.84 Å². The predicted molar refractivity (Wildman–Crippen MR) is 79.3 cm³/mol. The molecule has 6 nitrogen and oxygen atoms in total. The number of hydrogen-bond acceptors (Lipinski definition) is 5. The number of nitrogen functional groups attached to an aromatic ring is 1. The van der Waals surface area contributed by atoms with Crippen LogP contribution in [0.3, 0.4) is 0 Å². The van der Waals surface area contributed by atoms with Crippen molar-refractivity contribution in [3.05, 3.63) is 23.4 Å². The van der Waals surface area contributed by atoms with Crippen LogP contribution in [0.15, 0.2) is 12.1 Å². The summed E-state index contributed by atoms with van der Waals surface area (Å²) in [6.45, 7) is 3.69. The number of carbonyl (C=O) groups is 1. The van der Waals surface area contributed by atoms with Gasteiger partial charge in [-0.15, -0.1) is 0 Å². The van der Waals surface area contributed by atoms with Crippen molar-refractivity contribution in [3.63, 3.8) is 0 Å². The molecule has 1 aromatic rings. The first-order valence-corrected chi connectivity index (χ1v) is 8.45. The van der Waals surface area contributed by atoms with E-state index in [0.29, 0.717) is 11.4 Å². The van der Waals surface area contributed by atoms with Gasteiger partial charge in [-0.1, -0.05) is 20.3 Å². The van der Waals surface area contributed by atoms with E-state index >= 15 is 0 Å². The number of rotatable bonds is 7. The SMILES string of the molecule is CCCc1cc(C(=O)NCCS(=O)(=O)CC)cc(N)n1. The maximum atomic E-state index is 11.9. The summed E-state index contributed by atoms with van der Waals surface area (Å²) in [6.07, 6.45) is 1.65. The fourth-order valence-electron chi connectivity index (χ4n) is 1.69. The van der Waals surface area contributed by atoms with Gasteiger partial charge in [-0.3, -0.25) is 4.79 Å². The summed E-state index contributed by atoms with van der Waals surface area (Å²) in [7, 11) is -3.07. The van der Waals surface area contributed by atoms with Crippen LogP contribution in [0.1, 0.15) is 36.3 Å². The van der Waals surface area contributed by atoms with Crippen molar-refractivity contribution >= 4 is 21.6 Å². The number of nitrogens with one attached hydrogen (secondary N) is 1. The number of aryl methyl sites for hydroxylation is 1. The Bertz CT molecular complexity index is 570. The molecule has 0 saturated carbocycles. The Labute approximate surface area is 119 Å². The van der Waals surface area contributed by atoms with Crippen molar-refractivity contribution in [2.24, 2.45) is 0 Å². The fourth-order valence-corrected chi connectivity index (χ4v) is 2.39. The standard InChI is InChI=1S/C13H21N3O3S/c1-3-5-11-8-10(9-12(14)16-11)13(17)15-6-7-20(18,19)4-2/h8-9H,3-7H2,1-2H3,(H2,14,16)(H,15,17). The Kier molecular flexibility index (Phi) is 5.94. The van der Waals surface area contributed by atoms with Gasteiger partial charge in [0.2, 0.25) is 0 Å². The van der Waals surface area contributed by atoms with Crippen LogP contribution in [0, 0.1) is 0 Å². The summed E-state index contributed by atoms with van der Waals surface area (Å²) in [5, 5.41) is 2.58. The van der Waals surface area contributed by atoms with Crippen LogP contribution in [-0.2, 0) is 16.3 Å². The molecule has 0 atom stereocenters. The highest BCUT2D eigenvalue weighted by Gasteiger charge is 2.11. The van der Waals surface area contributed by atoms with Crippen molar-refractivity contribution in [3.8, 4) is 0 Å². The average molecular weight is 299 g/mol. The molecule has 0 spiro atoms. The number of nitrogens with two attached hydrogens (primary N) is 1. The predicted octanol–water partition coefficient (Wildman–Crippen LogP) is 0.781. The first-order chi connectivity index (χ1) is 9.38. The lowest BCUT2D eigenvalue weighted by Crippen LogP contribution is -2.29.